The third-order valence-corrected chi connectivity index (χ3v) is 13.7. The van der Waals surface area contributed by atoms with Crippen LogP contribution in [0.5, 0.6) is 0 Å². The van der Waals surface area contributed by atoms with Crippen LogP contribution in [0.4, 0.5) is 0 Å². The summed E-state index contributed by atoms with van der Waals surface area (Å²) in [5.41, 5.74) is 5.69. The first-order chi connectivity index (χ1) is 40.0. The number of aryl methyl sites for hydroxylation is 2. The summed E-state index contributed by atoms with van der Waals surface area (Å²) in [7, 11) is -17.6. The maximum absolute atomic E-state index is 11.5. The van der Waals surface area contributed by atoms with Gasteiger partial charge in [-0.3, -0.25) is 14.1 Å². The largest absolute Gasteiger partial charge is 2.00 e. The number of aliphatic hydroxyl groups is 2. The van der Waals surface area contributed by atoms with Gasteiger partial charge in [0.25, 0.3) is 20.2 Å². The number of hydrogen-bond donors (Lipinski definition) is 6. The summed E-state index contributed by atoms with van der Waals surface area (Å²) < 4.78 is 131. The van der Waals surface area contributed by atoms with E-state index < -0.39 is 63.6 Å². The maximum Gasteiger partial charge on any atom is 2.00 e. The second-order valence-electron chi connectivity index (χ2n) is 18.2. The third kappa shape index (κ3) is 19.3. The predicted octanol–water partition coefficient (Wildman–Crippen LogP) is 2.41. The van der Waals surface area contributed by atoms with Crippen LogP contribution in [0.15, 0.2) is 120 Å². The molecule has 8 bridgehead atoms. The molecule has 4 aromatic carbocycles. The van der Waals surface area contributed by atoms with Crippen LogP contribution < -0.4 is 19.4 Å². The number of fused-ring (bicyclic) bond motifs is 20. The van der Waals surface area contributed by atoms with Crippen LogP contribution in [0.25, 0.3) is 89.8 Å². The summed E-state index contributed by atoms with van der Waals surface area (Å²) in [6.07, 6.45) is 4.57. The minimum atomic E-state index is -4.34. The van der Waals surface area contributed by atoms with E-state index in [1.54, 1.807) is 25.3 Å². The zero-order valence-electron chi connectivity index (χ0n) is 45.3. The van der Waals surface area contributed by atoms with Gasteiger partial charge in [0.15, 0.2) is 11.6 Å². The summed E-state index contributed by atoms with van der Waals surface area (Å²) in [6, 6.07) is 33.6. The molecule has 0 saturated heterocycles. The molecule has 1 radical (unpaired) electrons. The van der Waals surface area contributed by atoms with Gasteiger partial charge in [-0.15, -0.1) is 12.6 Å². The van der Waals surface area contributed by atoms with Gasteiger partial charge in [0.05, 0.1) is 48.0 Å². The summed E-state index contributed by atoms with van der Waals surface area (Å²) in [4.78, 5) is 56.2. The van der Waals surface area contributed by atoms with Crippen LogP contribution in [0.2, 0.25) is 0 Å². The fraction of sp³-hybridized carbons (Fsp3) is 0.216. The van der Waals surface area contributed by atoms with Gasteiger partial charge in [-0.25, -0.2) is 56.2 Å². The number of pyridine rings is 1. The van der Waals surface area contributed by atoms with Crippen LogP contribution in [0.1, 0.15) is 29.5 Å². The third-order valence-electron chi connectivity index (χ3n) is 11.4. The van der Waals surface area contributed by atoms with Crippen LogP contribution >= 0.6 is 0 Å². The van der Waals surface area contributed by atoms with E-state index in [9.17, 15) is 38.2 Å². The van der Waals surface area contributed by atoms with Crippen molar-refractivity contribution < 1.29 is 82.7 Å². The summed E-state index contributed by atoms with van der Waals surface area (Å²) in [5, 5.41) is 20.4. The number of hydrogen-bond acceptors (Lipinski definition) is 23. The average molecular weight is 1320 g/mol. The monoisotopic (exact) mass is 1320 g/mol. The van der Waals surface area contributed by atoms with E-state index in [0.717, 1.165) is 50.7 Å². The Balaban J connectivity index is 0.000000221. The van der Waals surface area contributed by atoms with E-state index in [2.05, 4.69) is 24.7 Å². The Morgan fingerprint density at radius 2 is 0.977 bits per heavy atom. The van der Waals surface area contributed by atoms with Crippen LogP contribution in [-0.2, 0) is 80.8 Å². The van der Waals surface area contributed by atoms with Crippen molar-refractivity contribution in [1.29, 1.82) is 0 Å². The minimum absolute atomic E-state index is 0. The Kier molecular flexibility index (Phi) is 22.7. The second-order valence-corrected chi connectivity index (χ2v) is 25.1. The van der Waals surface area contributed by atoms with Gasteiger partial charge >= 0.3 is 27.7 Å². The fourth-order valence-corrected chi connectivity index (χ4v) is 9.74. The van der Waals surface area contributed by atoms with E-state index >= 15 is 0 Å². The van der Waals surface area contributed by atoms with Crippen molar-refractivity contribution in [1.82, 2.24) is 69.3 Å². The standard InChI is InChI=1S/C31H15N9.C15H20N4O5S2.C4H11NO4S.CH4O3S.Cu.O3S/c1-2-9-17-16(8-1)24-33-25(17)35-27-20-12-5-6-13-21(20)29(37-27)39-31-23-22(14-7-15-32-23)30(40-31)38-28-19-11-4-3-10-18(19)26(34-24)36-28;1-11-17-14(8-5-9-16-25(2,20)21)19-15(18-11)10-12-6-3-4-7-13(12)26(22,23)24;1-10(8,9)5-2-4(7)3-6;1-5(2,3)4;;1-4(2)3/h1-15H;3-4,6-7,16H,5,8-10H2,1-2H3,(H,22,23,24);4-7H,2-3H2,1H3;1H3,(H,2,3,4);;/q-2;;;;+2;. The second kappa shape index (κ2) is 29.0. The Morgan fingerprint density at radius 1 is 0.547 bits per heavy atom. The molecule has 9 aromatic rings. The Labute approximate surface area is 503 Å². The molecule has 7 heterocycles. The molecule has 0 saturated carbocycles. The molecule has 5 aromatic heterocycles. The molecule has 29 nitrogen and oxygen atoms in total. The van der Waals surface area contributed by atoms with Crippen molar-refractivity contribution in [2.24, 2.45) is 0 Å². The molecular weight excluding hydrogens is 1270 g/mol. The first-order valence-corrected chi connectivity index (χ1v) is 32.7. The van der Waals surface area contributed by atoms with E-state index in [-0.39, 0.29) is 41.5 Å². The molecule has 1 atom stereocenters. The van der Waals surface area contributed by atoms with Crippen molar-refractivity contribution >= 4 is 95.0 Å². The number of aliphatic hydroxyl groups excluding tert-OH is 2. The number of nitrogens with one attached hydrogen (secondary N) is 2. The fourth-order valence-electron chi connectivity index (χ4n) is 8.01. The van der Waals surface area contributed by atoms with E-state index in [0.29, 0.717) is 93.7 Å². The number of nitrogens with zero attached hydrogens (tertiary/aromatic N) is 12. The van der Waals surface area contributed by atoms with Crippen molar-refractivity contribution in [3.8, 4) is 45.7 Å². The zero-order valence-corrected chi connectivity index (χ0v) is 50.3. The molecule has 86 heavy (non-hydrogen) atoms. The SMILES string of the molecule is CS(=O)(=O)NCC(O)CO.CS(=O)(=O)O.Cc1nc(CCCNS(C)(=O)=O)nc(Cc2ccccc2S(=O)(=O)O)n1.O=S(=O)=O.[Cu+2].c1ccc2c(c1)-c1nc-2nc2[n-]c(nc3[n-]c(nc4nc(n1)-c1ncccc1-4)c1ccccc31)c1ccccc21. The summed E-state index contributed by atoms with van der Waals surface area (Å²) >= 11 is 0. The molecule has 0 spiro atoms. The Morgan fingerprint density at radius 3 is 1.48 bits per heavy atom. The molecular formula is C51H50CuN14O15S5. The van der Waals surface area contributed by atoms with Crippen molar-refractivity contribution in [2.45, 2.75) is 37.2 Å². The molecule has 6 N–H and O–H groups in total. The molecule has 0 amide bonds. The van der Waals surface area contributed by atoms with Crippen molar-refractivity contribution in [2.75, 3.05) is 38.5 Å². The summed E-state index contributed by atoms with van der Waals surface area (Å²) in [5.74, 6) is 3.32. The zero-order chi connectivity index (χ0) is 61.9. The molecule has 0 fully saturated rings. The Hall–Kier alpha value is -7.90. The van der Waals surface area contributed by atoms with Crippen LogP contribution in [0.3, 0.4) is 0 Å². The molecule has 2 aliphatic heterocycles. The first kappa shape index (κ1) is 67.2. The number of sulfonamides is 2. The van der Waals surface area contributed by atoms with Crippen LogP contribution in [0, 0.1) is 6.92 Å². The predicted molar refractivity (Wildman–Crippen MR) is 310 cm³/mol. The van der Waals surface area contributed by atoms with E-state index in [1.165, 1.54) is 12.1 Å². The molecule has 35 heteroatoms. The normalized spacial score (nSPS) is 12.0. The van der Waals surface area contributed by atoms with Crippen molar-refractivity contribution in [3.63, 3.8) is 0 Å². The first-order valence-electron chi connectivity index (χ1n) is 24.6. The number of rotatable bonds is 12. The van der Waals surface area contributed by atoms with E-state index in [1.807, 2.05) is 89.7 Å². The van der Waals surface area contributed by atoms with Gasteiger partial charge in [0.1, 0.15) is 23.2 Å². The van der Waals surface area contributed by atoms with Gasteiger partial charge in [-0.05, 0) is 58.7 Å². The molecule has 0 aliphatic carbocycles. The Bertz CT molecular complexity index is 4560. The molecule has 11 rings (SSSR count). The minimum Gasteiger partial charge on any atom is -0.394 e. The quantitative estimate of drug-likeness (QED) is 0.0581. The van der Waals surface area contributed by atoms with Crippen LogP contribution in [-0.4, -0.2) is 160 Å². The smallest absolute Gasteiger partial charge is 0.394 e. The van der Waals surface area contributed by atoms with Gasteiger partial charge in [0, 0.05) is 71.4 Å². The van der Waals surface area contributed by atoms with Gasteiger partial charge in [-0.1, -0.05) is 91.0 Å². The van der Waals surface area contributed by atoms with Gasteiger partial charge < -0.3 is 35.1 Å². The summed E-state index contributed by atoms with van der Waals surface area (Å²) in [6.45, 7) is 1.38. The molecule has 455 valence electrons. The number of benzene rings is 4. The van der Waals surface area contributed by atoms with E-state index in [4.69, 9.17) is 67.3 Å². The van der Waals surface area contributed by atoms with Gasteiger partial charge in [0.2, 0.25) is 20.0 Å². The topological polar surface area (TPSA) is 450 Å². The number of aromatic nitrogens is 12. The molecule has 1 unspecified atom stereocenters. The molecule has 2 aliphatic rings. The average Bonchev–Trinajstić information content (AvgIpc) is 3.98. The maximum atomic E-state index is 11.5. The van der Waals surface area contributed by atoms with Crippen molar-refractivity contribution in [3.05, 3.63) is 138 Å². The van der Waals surface area contributed by atoms with Gasteiger partial charge in [-0.2, -0.15) is 16.8 Å².